The Bertz CT molecular complexity index is 647. The number of hydrazone groups is 1. The summed E-state index contributed by atoms with van der Waals surface area (Å²) >= 11 is 11.8. The molecule has 1 unspecified atom stereocenters. The third-order valence-electron chi connectivity index (χ3n) is 4.06. The molecule has 24 heavy (non-hydrogen) atoms. The van der Waals surface area contributed by atoms with Crippen LogP contribution >= 0.6 is 23.2 Å². The Morgan fingerprint density at radius 1 is 1.25 bits per heavy atom. The minimum atomic E-state index is -0.283. The number of carbonyl (C=O) groups is 2. The van der Waals surface area contributed by atoms with E-state index in [0.717, 1.165) is 31.4 Å². The molecule has 0 bridgehead atoms. The summed E-state index contributed by atoms with van der Waals surface area (Å²) in [5.74, 6) is -0.0726. The molecular formula is C17H21Cl2N3O2. The molecule has 1 aliphatic carbocycles. The second-order valence-corrected chi connectivity index (χ2v) is 6.65. The maximum absolute atomic E-state index is 11.9. The fraction of sp³-hybridized carbons (Fsp3) is 0.471. The predicted molar refractivity (Wildman–Crippen MR) is 97.5 cm³/mol. The molecule has 1 fully saturated rings. The fourth-order valence-electron chi connectivity index (χ4n) is 2.71. The average molecular weight is 370 g/mol. The topological polar surface area (TPSA) is 70.6 Å². The molecule has 130 valence electrons. The molecule has 1 aromatic carbocycles. The van der Waals surface area contributed by atoms with Gasteiger partial charge in [0.05, 0.1) is 10.7 Å². The summed E-state index contributed by atoms with van der Waals surface area (Å²) in [6.45, 7) is 2.12. The molecular weight excluding hydrogens is 349 g/mol. The van der Waals surface area contributed by atoms with Crippen LogP contribution in [0.3, 0.4) is 0 Å². The number of benzene rings is 1. The zero-order valence-electron chi connectivity index (χ0n) is 13.6. The summed E-state index contributed by atoms with van der Waals surface area (Å²) in [6, 6.07) is 4.81. The molecule has 0 aliphatic heterocycles. The predicted octanol–water partition coefficient (Wildman–Crippen LogP) is 4.39. The van der Waals surface area contributed by atoms with Gasteiger partial charge in [-0.25, -0.2) is 5.43 Å². The van der Waals surface area contributed by atoms with E-state index in [0.29, 0.717) is 21.7 Å². The Morgan fingerprint density at radius 3 is 2.71 bits per heavy atom. The number of carbonyl (C=O) groups excluding carboxylic acids is 2. The second-order valence-electron chi connectivity index (χ2n) is 5.81. The Morgan fingerprint density at radius 2 is 2.00 bits per heavy atom. The molecule has 1 atom stereocenters. The maximum atomic E-state index is 11.9. The smallest absolute Gasteiger partial charge is 0.240 e. The van der Waals surface area contributed by atoms with Crippen molar-refractivity contribution in [3.05, 3.63) is 28.2 Å². The lowest BCUT2D eigenvalue weighted by atomic mass is 10.0. The maximum Gasteiger partial charge on any atom is 0.240 e. The van der Waals surface area contributed by atoms with Crippen LogP contribution in [0.4, 0.5) is 5.69 Å². The summed E-state index contributed by atoms with van der Waals surface area (Å²) in [6.07, 6.45) is 4.37. The van der Waals surface area contributed by atoms with Gasteiger partial charge >= 0.3 is 0 Å². The summed E-state index contributed by atoms with van der Waals surface area (Å²) in [4.78, 5) is 23.7. The van der Waals surface area contributed by atoms with Crippen molar-refractivity contribution < 1.29 is 9.59 Å². The molecule has 2 amide bonds. The fourth-order valence-corrected chi connectivity index (χ4v) is 3.16. The monoisotopic (exact) mass is 369 g/mol. The van der Waals surface area contributed by atoms with Crippen LogP contribution in [0.5, 0.6) is 0 Å². The van der Waals surface area contributed by atoms with Gasteiger partial charge in [0.1, 0.15) is 0 Å². The zero-order valence-corrected chi connectivity index (χ0v) is 15.1. The van der Waals surface area contributed by atoms with Gasteiger partial charge in [0, 0.05) is 23.6 Å². The van der Waals surface area contributed by atoms with Gasteiger partial charge < -0.3 is 5.32 Å². The largest absolute Gasteiger partial charge is 0.325 e. The normalized spacial score (nSPS) is 18.6. The molecule has 2 rings (SSSR count). The number of rotatable bonds is 6. The van der Waals surface area contributed by atoms with Gasteiger partial charge in [0.25, 0.3) is 0 Å². The Kier molecular flexibility index (Phi) is 7.06. The third-order valence-corrected chi connectivity index (χ3v) is 4.61. The number of anilines is 1. The molecule has 1 aliphatic rings. The first kappa shape index (κ1) is 18.7. The van der Waals surface area contributed by atoms with Crippen LogP contribution in [-0.4, -0.2) is 17.5 Å². The molecule has 0 spiro atoms. The van der Waals surface area contributed by atoms with Crippen molar-refractivity contribution in [3.63, 3.8) is 0 Å². The first-order valence-electron chi connectivity index (χ1n) is 8.09. The minimum Gasteiger partial charge on any atom is -0.325 e. The van der Waals surface area contributed by atoms with Crippen molar-refractivity contribution in [2.45, 2.75) is 45.4 Å². The number of nitrogens with one attached hydrogen (secondary N) is 2. The van der Waals surface area contributed by atoms with Gasteiger partial charge in [0.2, 0.25) is 11.8 Å². The van der Waals surface area contributed by atoms with E-state index in [1.807, 2.05) is 0 Å². The molecule has 2 N–H and O–H groups in total. The first-order chi connectivity index (χ1) is 11.5. The van der Waals surface area contributed by atoms with E-state index in [2.05, 4.69) is 22.8 Å². The summed E-state index contributed by atoms with van der Waals surface area (Å²) in [7, 11) is 0. The third kappa shape index (κ3) is 5.49. The molecule has 0 radical (unpaired) electrons. The lowest BCUT2D eigenvalue weighted by Crippen LogP contribution is -2.22. The van der Waals surface area contributed by atoms with Crippen LogP contribution in [0.15, 0.2) is 23.3 Å². The van der Waals surface area contributed by atoms with E-state index in [1.54, 1.807) is 18.2 Å². The summed E-state index contributed by atoms with van der Waals surface area (Å²) in [5.41, 5.74) is 4.09. The summed E-state index contributed by atoms with van der Waals surface area (Å²) < 4.78 is 0. The van der Waals surface area contributed by atoms with Crippen LogP contribution in [0.25, 0.3) is 0 Å². The Balaban J connectivity index is 1.77. The van der Waals surface area contributed by atoms with E-state index in [9.17, 15) is 9.59 Å². The molecule has 0 heterocycles. The van der Waals surface area contributed by atoms with Gasteiger partial charge in [-0.05, 0) is 49.8 Å². The van der Waals surface area contributed by atoms with Crippen molar-refractivity contribution in [3.8, 4) is 0 Å². The number of nitrogens with zero attached hydrogens (tertiary/aromatic N) is 1. The van der Waals surface area contributed by atoms with Gasteiger partial charge in [0.15, 0.2) is 0 Å². The molecule has 5 nitrogen and oxygen atoms in total. The SMILES string of the molecule is CCC1CCC/C1=N\NC(=O)CCC(=O)Nc1ccc(Cl)cc1Cl. The quantitative estimate of drug-likeness (QED) is 0.729. The first-order valence-corrected chi connectivity index (χ1v) is 8.85. The molecule has 7 heteroatoms. The highest BCUT2D eigenvalue weighted by Gasteiger charge is 2.21. The zero-order chi connectivity index (χ0) is 17.5. The van der Waals surface area contributed by atoms with Crippen molar-refractivity contribution in [1.82, 2.24) is 5.43 Å². The number of amides is 2. The highest BCUT2D eigenvalue weighted by Crippen LogP contribution is 2.26. The molecule has 0 saturated heterocycles. The van der Waals surface area contributed by atoms with Gasteiger partial charge in [-0.15, -0.1) is 0 Å². The van der Waals surface area contributed by atoms with Gasteiger partial charge in [-0.1, -0.05) is 30.1 Å². The molecule has 0 aromatic heterocycles. The molecule has 1 aromatic rings. The average Bonchev–Trinajstić information content (AvgIpc) is 3.01. The van der Waals surface area contributed by atoms with Crippen molar-refractivity contribution >= 4 is 46.4 Å². The van der Waals surface area contributed by atoms with Crippen LogP contribution in [0.1, 0.15) is 45.4 Å². The van der Waals surface area contributed by atoms with Crippen LogP contribution in [-0.2, 0) is 9.59 Å². The van der Waals surface area contributed by atoms with Gasteiger partial charge in [-0.2, -0.15) is 5.10 Å². The number of hydrogen-bond donors (Lipinski definition) is 2. The number of halogens is 2. The minimum absolute atomic E-state index is 0.0623. The van der Waals surface area contributed by atoms with Crippen LogP contribution in [0, 0.1) is 5.92 Å². The lowest BCUT2D eigenvalue weighted by Gasteiger charge is -2.08. The highest BCUT2D eigenvalue weighted by atomic mass is 35.5. The second kappa shape index (κ2) is 9.04. The van der Waals surface area contributed by atoms with Crippen molar-refractivity contribution in [2.24, 2.45) is 11.0 Å². The van der Waals surface area contributed by atoms with Crippen LogP contribution in [0.2, 0.25) is 10.0 Å². The van der Waals surface area contributed by atoms with Crippen molar-refractivity contribution in [1.29, 1.82) is 0 Å². The molecule has 1 saturated carbocycles. The lowest BCUT2D eigenvalue weighted by molar-refractivity contribution is -0.124. The van der Waals surface area contributed by atoms with E-state index in [1.165, 1.54) is 0 Å². The standard InChI is InChI=1S/C17H21Cl2N3O2/c1-2-11-4-3-5-14(11)21-22-17(24)9-8-16(23)20-15-7-6-12(18)10-13(15)19/h6-7,10-11H,2-5,8-9H2,1H3,(H,20,23)(H,22,24)/b21-14+. The summed E-state index contributed by atoms with van der Waals surface area (Å²) in [5, 5.41) is 7.73. The highest BCUT2D eigenvalue weighted by molar-refractivity contribution is 6.36. The van der Waals surface area contributed by atoms with E-state index in [-0.39, 0.29) is 24.7 Å². The number of hydrogen-bond acceptors (Lipinski definition) is 3. The Labute approximate surface area is 151 Å². The van der Waals surface area contributed by atoms with E-state index in [4.69, 9.17) is 23.2 Å². The van der Waals surface area contributed by atoms with Crippen molar-refractivity contribution in [2.75, 3.05) is 5.32 Å². The van der Waals surface area contributed by atoms with E-state index >= 15 is 0 Å². The van der Waals surface area contributed by atoms with E-state index < -0.39 is 0 Å². The van der Waals surface area contributed by atoms with Crippen LogP contribution < -0.4 is 10.7 Å². The Hall–Kier alpha value is -1.59. The van der Waals surface area contributed by atoms with Gasteiger partial charge in [-0.3, -0.25) is 9.59 Å².